The van der Waals surface area contributed by atoms with Gasteiger partial charge in [0.25, 0.3) is 0 Å². The zero-order chi connectivity index (χ0) is 15.4. The topological polar surface area (TPSA) is 42.9 Å². The van der Waals surface area contributed by atoms with Gasteiger partial charge in [-0.2, -0.15) is 0 Å². The van der Waals surface area contributed by atoms with Crippen LogP contribution in [0.25, 0.3) is 11.1 Å². The van der Waals surface area contributed by atoms with E-state index in [1.165, 1.54) is 6.20 Å². The van der Waals surface area contributed by atoms with Gasteiger partial charge >= 0.3 is 0 Å². The van der Waals surface area contributed by atoms with Crippen LogP contribution in [0.1, 0.15) is 21.6 Å². The highest BCUT2D eigenvalue weighted by Gasteiger charge is 2.12. The molecule has 0 radical (unpaired) electrons. The molecule has 0 aliphatic carbocycles. The number of nitrogens with zero attached hydrogens (tertiary/aromatic N) is 2. The Morgan fingerprint density at radius 3 is 2.55 bits per heavy atom. The van der Waals surface area contributed by atoms with Gasteiger partial charge in [0.05, 0.1) is 6.20 Å². The van der Waals surface area contributed by atoms with Gasteiger partial charge in [-0.3, -0.25) is 9.78 Å². The van der Waals surface area contributed by atoms with Crippen molar-refractivity contribution in [3.8, 4) is 11.1 Å². The molecule has 0 atom stereocenters. The number of carbonyl (C=O) groups is 1. The van der Waals surface area contributed by atoms with Crippen LogP contribution in [0.5, 0.6) is 0 Å². The summed E-state index contributed by atoms with van der Waals surface area (Å²) in [4.78, 5) is 20.3. The fraction of sp³-hybridized carbons (Fsp3) is 0.105. The molecule has 108 valence electrons. The van der Waals surface area contributed by atoms with E-state index in [0.29, 0.717) is 12.1 Å². The summed E-state index contributed by atoms with van der Waals surface area (Å²) in [5.74, 6) is -0.0126. The Balaban J connectivity index is 1.91. The summed E-state index contributed by atoms with van der Waals surface area (Å²) in [6.45, 7) is 2.06. The Bertz CT molecular complexity index is 783. The second-order valence-corrected chi connectivity index (χ2v) is 5.15. The van der Waals surface area contributed by atoms with Crippen molar-refractivity contribution < 1.29 is 4.79 Å². The quantitative estimate of drug-likeness (QED) is 0.684. The monoisotopic (exact) mass is 288 g/mol. The van der Waals surface area contributed by atoms with Gasteiger partial charge in [0.1, 0.15) is 5.69 Å². The molecule has 3 aromatic rings. The fourth-order valence-electron chi connectivity index (χ4n) is 2.51. The van der Waals surface area contributed by atoms with Crippen LogP contribution in [-0.2, 0) is 6.42 Å². The number of carbonyl (C=O) groups excluding carboxylic acids is 1. The minimum Gasteiger partial charge on any atom is -0.292 e. The molecule has 0 bridgehead atoms. The van der Waals surface area contributed by atoms with Gasteiger partial charge in [0, 0.05) is 18.8 Å². The maximum atomic E-state index is 12.3. The van der Waals surface area contributed by atoms with E-state index in [1.54, 1.807) is 12.4 Å². The van der Waals surface area contributed by atoms with E-state index in [-0.39, 0.29) is 5.78 Å². The van der Waals surface area contributed by atoms with Crippen molar-refractivity contribution in [3.63, 3.8) is 0 Å². The van der Waals surface area contributed by atoms with E-state index in [2.05, 4.69) is 35.1 Å². The molecule has 1 aromatic heterocycles. The van der Waals surface area contributed by atoms with Crippen LogP contribution in [0.3, 0.4) is 0 Å². The SMILES string of the molecule is Cc1c(CC(=O)c2cnccn2)cccc1-c1ccccc1. The Labute approximate surface area is 129 Å². The van der Waals surface area contributed by atoms with E-state index in [4.69, 9.17) is 0 Å². The van der Waals surface area contributed by atoms with Gasteiger partial charge in [0.2, 0.25) is 0 Å². The lowest BCUT2D eigenvalue weighted by atomic mass is 9.94. The summed E-state index contributed by atoms with van der Waals surface area (Å²) in [7, 11) is 0. The van der Waals surface area contributed by atoms with Crippen LogP contribution in [0.4, 0.5) is 0 Å². The highest BCUT2D eigenvalue weighted by Crippen LogP contribution is 2.26. The zero-order valence-electron chi connectivity index (χ0n) is 12.4. The number of hydrogen-bond acceptors (Lipinski definition) is 3. The van der Waals surface area contributed by atoms with E-state index in [9.17, 15) is 4.79 Å². The molecule has 2 aromatic carbocycles. The summed E-state index contributed by atoms with van der Waals surface area (Å²) in [6, 6.07) is 16.3. The van der Waals surface area contributed by atoms with Crippen LogP contribution in [-0.4, -0.2) is 15.8 Å². The van der Waals surface area contributed by atoms with E-state index in [0.717, 1.165) is 22.3 Å². The lowest BCUT2D eigenvalue weighted by molar-refractivity contribution is 0.0987. The summed E-state index contributed by atoms with van der Waals surface area (Å²) in [6.07, 6.45) is 4.96. The van der Waals surface area contributed by atoms with Gasteiger partial charge in [-0.05, 0) is 29.2 Å². The predicted octanol–water partition coefficient (Wildman–Crippen LogP) is 3.88. The first kappa shape index (κ1) is 14.1. The van der Waals surface area contributed by atoms with Gasteiger partial charge in [-0.1, -0.05) is 48.5 Å². The maximum Gasteiger partial charge on any atom is 0.187 e. The fourth-order valence-corrected chi connectivity index (χ4v) is 2.51. The standard InChI is InChI=1S/C19H16N2O/c1-14-16(12-19(22)18-13-20-10-11-21-18)8-5-9-17(14)15-6-3-2-4-7-15/h2-11,13H,12H2,1H3. The molecule has 0 saturated carbocycles. The third-order valence-electron chi connectivity index (χ3n) is 3.73. The first-order valence-corrected chi connectivity index (χ1v) is 7.19. The number of hydrogen-bond donors (Lipinski definition) is 0. The minimum absolute atomic E-state index is 0.0126. The molecule has 0 fully saturated rings. The molecule has 0 aliphatic rings. The largest absolute Gasteiger partial charge is 0.292 e. The Kier molecular flexibility index (Phi) is 4.05. The van der Waals surface area contributed by atoms with Gasteiger partial charge in [-0.25, -0.2) is 4.98 Å². The number of Topliss-reactive ketones (excluding diaryl/α,β-unsaturated/α-hetero) is 1. The predicted molar refractivity (Wildman–Crippen MR) is 86.7 cm³/mol. The Morgan fingerprint density at radius 2 is 1.82 bits per heavy atom. The lowest BCUT2D eigenvalue weighted by Crippen LogP contribution is -2.07. The number of benzene rings is 2. The minimum atomic E-state index is -0.0126. The maximum absolute atomic E-state index is 12.3. The van der Waals surface area contributed by atoms with Gasteiger partial charge in [0.15, 0.2) is 5.78 Å². The second-order valence-electron chi connectivity index (χ2n) is 5.15. The van der Waals surface area contributed by atoms with E-state index < -0.39 is 0 Å². The van der Waals surface area contributed by atoms with Crippen molar-refractivity contribution in [2.24, 2.45) is 0 Å². The summed E-state index contributed by atoms with van der Waals surface area (Å²) < 4.78 is 0. The lowest BCUT2D eigenvalue weighted by Gasteiger charge is -2.11. The molecule has 3 rings (SSSR count). The van der Waals surface area contributed by atoms with Crippen LogP contribution in [0, 0.1) is 6.92 Å². The van der Waals surface area contributed by atoms with Crippen molar-refractivity contribution in [1.29, 1.82) is 0 Å². The number of ketones is 1. The third-order valence-corrected chi connectivity index (χ3v) is 3.73. The van der Waals surface area contributed by atoms with Crippen LogP contribution < -0.4 is 0 Å². The van der Waals surface area contributed by atoms with Gasteiger partial charge < -0.3 is 0 Å². The first-order valence-electron chi connectivity index (χ1n) is 7.19. The third kappa shape index (κ3) is 2.93. The molecule has 22 heavy (non-hydrogen) atoms. The molecule has 3 nitrogen and oxygen atoms in total. The molecular weight excluding hydrogens is 272 g/mol. The van der Waals surface area contributed by atoms with Crippen molar-refractivity contribution in [1.82, 2.24) is 9.97 Å². The van der Waals surface area contributed by atoms with Crippen molar-refractivity contribution in [3.05, 3.63) is 83.9 Å². The molecule has 0 aliphatic heterocycles. The first-order chi connectivity index (χ1) is 10.8. The molecule has 0 spiro atoms. The van der Waals surface area contributed by atoms with Crippen LogP contribution in [0.15, 0.2) is 67.1 Å². The van der Waals surface area contributed by atoms with Crippen molar-refractivity contribution in [2.45, 2.75) is 13.3 Å². The number of aromatic nitrogens is 2. The highest BCUT2D eigenvalue weighted by molar-refractivity contribution is 5.95. The van der Waals surface area contributed by atoms with Crippen LogP contribution >= 0.6 is 0 Å². The Morgan fingerprint density at radius 1 is 1.00 bits per heavy atom. The second kappa shape index (κ2) is 6.31. The average molecular weight is 288 g/mol. The molecule has 0 saturated heterocycles. The summed E-state index contributed by atoms with van der Waals surface area (Å²) in [5.41, 5.74) is 4.88. The molecule has 1 heterocycles. The van der Waals surface area contributed by atoms with E-state index >= 15 is 0 Å². The highest BCUT2D eigenvalue weighted by atomic mass is 16.1. The average Bonchev–Trinajstić information content (AvgIpc) is 2.58. The van der Waals surface area contributed by atoms with Crippen LogP contribution in [0.2, 0.25) is 0 Å². The van der Waals surface area contributed by atoms with E-state index in [1.807, 2.05) is 30.3 Å². The molecule has 0 amide bonds. The van der Waals surface area contributed by atoms with Gasteiger partial charge in [-0.15, -0.1) is 0 Å². The van der Waals surface area contributed by atoms with Crippen molar-refractivity contribution in [2.75, 3.05) is 0 Å². The van der Waals surface area contributed by atoms with Crippen molar-refractivity contribution >= 4 is 5.78 Å². The molecule has 0 unspecified atom stereocenters. The molecular formula is C19H16N2O. The smallest absolute Gasteiger partial charge is 0.187 e. The molecule has 3 heteroatoms. The summed E-state index contributed by atoms with van der Waals surface area (Å²) in [5, 5.41) is 0. The Hall–Kier alpha value is -2.81. The molecule has 0 N–H and O–H groups in total. The number of rotatable bonds is 4. The zero-order valence-corrected chi connectivity index (χ0v) is 12.4. The summed E-state index contributed by atoms with van der Waals surface area (Å²) >= 11 is 0. The normalized spacial score (nSPS) is 10.4.